The number of rotatable bonds is 6. The first-order chi connectivity index (χ1) is 11.3. The van der Waals surface area contributed by atoms with Crippen LogP contribution in [-0.4, -0.2) is 18.5 Å². The van der Waals surface area contributed by atoms with Gasteiger partial charge in [0.2, 0.25) is 0 Å². The third kappa shape index (κ3) is 4.27. The summed E-state index contributed by atoms with van der Waals surface area (Å²) >= 11 is 0. The predicted molar refractivity (Wildman–Crippen MR) is 91.8 cm³/mol. The molecule has 23 heavy (non-hydrogen) atoms. The van der Waals surface area contributed by atoms with Gasteiger partial charge in [-0.2, -0.15) is 0 Å². The average molecular weight is 303 g/mol. The topological polar surface area (TPSA) is 42.6 Å². The highest BCUT2D eigenvalue weighted by Gasteiger charge is 2.04. The Morgan fingerprint density at radius 2 is 1.61 bits per heavy atom. The van der Waals surface area contributed by atoms with Crippen LogP contribution in [0.15, 0.2) is 82.2 Å². The Morgan fingerprint density at radius 1 is 0.913 bits per heavy atom. The highest BCUT2D eigenvalue weighted by molar-refractivity contribution is 5.86. The molecule has 0 unspecified atom stereocenters. The van der Waals surface area contributed by atoms with Crippen LogP contribution in [0.2, 0.25) is 0 Å². The highest BCUT2D eigenvalue weighted by Crippen LogP contribution is 2.20. The van der Waals surface area contributed by atoms with Crippen molar-refractivity contribution in [1.29, 1.82) is 0 Å². The SMILES string of the molecule is O=C(CN=Cc1ccc(-c2ccccc2)o1)Cc1ccccc1. The van der Waals surface area contributed by atoms with Crippen molar-refractivity contribution in [2.45, 2.75) is 6.42 Å². The number of carbonyl (C=O) groups is 1. The van der Waals surface area contributed by atoms with Crippen LogP contribution in [0.5, 0.6) is 0 Å². The number of hydrogen-bond acceptors (Lipinski definition) is 3. The summed E-state index contributed by atoms with van der Waals surface area (Å²) in [5.41, 5.74) is 2.03. The number of ketones is 1. The summed E-state index contributed by atoms with van der Waals surface area (Å²) in [5, 5.41) is 0. The normalized spacial score (nSPS) is 11.0. The van der Waals surface area contributed by atoms with E-state index in [1.807, 2.05) is 72.8 Å². The van der Waals surface area contributed by atoms with E-state index in [9.17, 15) is 4.79 Å². The number of benzene rings is 2. The Kier molecular flexibility index (Phi) is 4.79. The quantitative estimate of drug-likeness (QED) is 0.641. The number of carbonyl (C=O) groups excluding carboxylic acids is 1. The summed E-state index contributed by atoms with van der Waals surface area (Å²) in [6, 6.07) is 23.3. The van der Waals surface area contributed by atoms with Gasteiger partial charge in [0.1, 0.15) is 11.5 Å². The molecule has 0 aliphatic rings. The van der Waals surface area contributed by atoms with Gasteiger partial charge in [-0.3, -0.25) is 9.79 Å². The van der Waals surface area contributed by atoms with Crippen molar-refractivity contribution in [3.8, 4) is 11.3 Å². The zero-order chi connectivity index (χ0) is 15.9. The molecule has 3 nitrogen and oxygen atoms in total. The second-order valence-electron chi connectivity index (χ2n) is 5.24. The second kappa shape index (κ2) is 7.36. The van der Waals surface area contributed by atoms with E-state index in [1.165, 1.54) is 0 Å². The van der Waals surface area contributed by atoms with E-state index < -0.39 is 0 Å². The molecular weight excluding hydrogens is 286 g/mol. The van der Waals surface area contributed by atoms with Gasteiger partial charge in [0.15, 0.2) is 5.78 Å². The Balaban J connectivity index is 1.56. The monoisotopic (exact) mass is 303 g/mol. The van der Waals surface area contributed by atoms with Gasteiger partial charge in [0, 0.05) is 12.0 Å². The fourth-order valence-corrected chi connectivity index (χ4v) is 2.30. The van der Waals surface area contributed by atoms with Crippen LogP contribution in [0.25, 0.3) is 11.3 Å². The number of nitrogens with zero attached hydrogens (tertiary/aromatic N) is 1. The predicted octanol–water partition coefficient (Wildman–Crippen LogP) is 4.18. The molecule has 3 heteroatoms. The summed E-state index contributed by atoms with van der Waals surface area (Å²) < 4.78 is 5.71. The van der Waals surface area contributed by atoms with Gasteiger partial charge in [-0.05, 0) is 17.7 Å². The average Bonchev–Trinajstić information content (AvgIpc) is 3.05. The number of Topliss-reactive ketones (excluding diaryl/α,β-unsaturated/α-hetero) is 1. The summed E-state index contributed by atoms with van der Waals surface area (Å²) in [6.45, 7) is 0.163. The van der Waals surface area contributed by atoms with E-state index in [0.717, 1.165) is 16.9 Å². The molecule has 0 atom stereocenters. The molecule has 0 N–H and O–H groups in total. The van der Waals surface area contributed by atoms with Crippen LogP contribution >= 0.6 is 0 Å². The minimum absolute atomic E-state index is 0.0855. The smallest absolute Gasteiger partial charge is 0.158 e. The van der Waals surface area contributed by atoms with Crippen molar-refractivity contribution in [2.24, 2.45) is 4.99 Å². The van der Waals surface area contributed by atoms with E-state index in [2.05, 4.69) is 4.99 Å². The lowest BCUT2D eigenvalue weighted by Crippen LogP contribution is -2.06. The molecule has 1 heterocycles. The molecular formula is C20H17NO2. The van der Waals surface area contributed by atoms with Crippen LogP contribution in [0.1, 0.15) is 11.3 Å². The maximum absolute atomic E-state index is 11.9. The Labute approximate surface area is 135 Å². The fourth-order valence-electron chi connectivity index (χ4n) is 2.30. The molecule has 0 radical (unpaired) electrons. The molecule has 0 saturated carbocycles. The molecule has 3 aromatic rings. The number of hydrogen-bond donors (Lipinski definition) is 0. The van der Waals surface area contributed by atoms with Gasteiger partial charge < -0.3 is 4.42 Å². The van der Waals surface area contributed by atoms with Gasteiger partial charge in [-0.25, -0.2) is 0 Å². The molecule has 3 rings (SSSR count). The summed E-state index contributed by atoms with van der Waals surface area (Å²) in [6.07, 6.45) is 2.01. The molecule has 1 aromatic heterocycles. The Morgan fingerprint density at radius 3 is 2.35 bits per heavy atom. The lowest BCUT2D eigenvalue weighted by atomic mass is 10.1. The summed E-state index contributed by atoms with van der Waals surface area (Å²) in [7, 11) is 0. The van der Waals surface area contributed by atoms with Gasteiger partial charge in [0.05, 0.1) is 12.8 Å². The number of aliphatic imine (C=N–C) groups is 1. The Hall–Kier alpha value is -2.94. The Bertz CT molecular complexity index is 789. The van der Waals surface area contributed by atoms with Crippen LogP contribution < -0.4 is 0 Å². The van der Waals surface area contributed by atoms with Crippen LogP contribution in [0.4, 0.5) is 0 Å². The van der Waals surface area contributed by atoms with Gasteiger partial charge in [0.25, 0.3) is 0 Å². The van der Waals surface area contributed by atoms with Crippen LogP contribution in [-0.2, 0) is 11.2 Å². The van der Waals surface area contributed by atoms with E-state index >= 15 is 0 Å². The van der Waals surface area contributed by atoms with Gasteiger partial charge >= 0.3 is 0 Å². The highest BCUT2D eigenvalue weighted by atomic mass is 16.3. The molecule has 0 saturated heterocycles. The number of furan rings is 1. The van der Waals surface area contributed by atoms with Gasteiger partial charge in [-0.15, -0.1) is 0 Å². The van der Waals surface area contributed by atoms with Crippen molar-refractivity contribution in [2.75, 3.05) is 6.54 Å². The molecule has 2 aromatic carbocycles. The first kappa shape index (κ1) is 15.0. The van der Waals surface area contributed by atoms with Crippen LogP contribution in [0, 0.1) is 0 Å². The second-order valence-corrected chi connectivity index (χ2v) is 5.24. The van der Waals surface area contributed by atoms with E-state index in [0.29, 0.717) is 12.2 Å². The zero-order valence-electron chi connectivity index (χ0n) is 12.7. The van der Waals surface area contributed by atoms with Crippen LogP contribution in [0.3, 0.4) is 0 Å². The van der Waals surface area contributed by atoms with Crippen molar-refractivity contribution < 1.29 is 9.21 Å². The van der Waals surface area contributed by atoms with E-state index in [-0.39, 0.29) is 12.3 Å². The molecule has 114 valence electrons. The molecule has 0 aliphatic heterocycles. The zero-order valence-corrected chi connectivity index (χ0v) is 12.7. The molecule has 0 aliphatic carbocycles. The van der Waals surface area contributed by atoms with Crippen molar-refractivity contribution in [3.63, 3.8) is 0 Å². The maximum Gasteiger partial charge on any atom is 0.158 e. The summed E-state index contributed by atoms with van der Waals surface area (Å²) in [5.74, 6) is 1.53. The maximum atomic E-state index is 11.9. The summed E-state index contributed by atoms with van der Waals surface area (Å²) in [4.78, 5) is 16.1. The van der Waals surface area contributed by atoms with E-state index in [4.69, 9.17) is 4.42 Å². The third-order valence-corrected chi connectivity index (χ3v) is 3.42. The lowest BCUT2D eigenvalue weighted by molar-refractivity contribution is -0.117. The minimum Gasteiger partial charge on any atom is -0.455 e. The first-order valence-corrected chi connectivity index (χ1v) is 7.52. The lowest BCUT2D eigenvalue weighted by Gasteiger charge is -1.97. The minimum atomic E-state index is 0.0855. The first-order valence-electron chi connectivity index (χ1n) is 7.52. The molecule has 0 amide bonds. The largest absolute Gasteiger partial charge is 0.455 e. The molecule has 0 spiro atoms. The standard InChI is InChI=1S/C20H17NO2/c22-18(13-16-7-3-1-4-8-16)14-21-15-19-11-12-20(23-19)17-9-5-2-6-10-17/h1-12,15H,13-14H2. The van der Waals surface area contributed by atoms with Gasteiger partial charge in [-0.1, -0.05) is 60.7 Å². The van der Waals surface area contributed by atoms with Crippen molar-refractivity contribution in [1.82, 2.24) is 0 Å². The van der Waals surface area contributed by atoms with Crippen molar-refractivity contribution in [3.05, 3.63) is 84.1 Å². The fraction of sp³-hybridized carbons (Fsp3) is 0.100. The third-order valence-electron chi connectivity index (χ3n) is 3.42. The molecule has 0 bridgehead atoms. The van der Waals surface area contributed by atoms with Crippen molar-refractivity contribution >= 4 is 12.0 Å². The molecule has 0 fully saturated rings. The van der Waals surface area contributed by atoms with E-state index in [1.54, 1.807) is 6.21 Å².